The summed E-state index contributed by atoms with van der Waals surface area (Å²) in [6, 6.07) is 2.03. The Morgan fingerprint density at radius 2 is 2.08 bits per heavy atom. The highest BCUT2D eigenvalue weighted by Gasteiger charge is 2.16. The molecule has 0 aliphatic rings. The van der Waals surface area contributed by atoms with Crippen molar-refractivity contribution in [3.63, 3.8) is 0 Å². The van der Waals surface area contributed by atoms with E-state index in [1.165, 1.54) is 0 Å². The van der Waals surface area contributed by atoms with E-state index in [9.17, 15) is 0 Å². The first-order chi connectivity index (χ1) is 5.45. The number of imidazole rings is 1. The summed E-state index contributed by atoms with van der Waals surface area (Å²) in [5.74, 6) is 0.888. The smallest absolute Gasteiger partial charge is 0.158 e. The number of hydrogen-bond acceptors (Lipinski definition) is 2. The van der Waals surface area contributed by atoms with Crippen LogP contribution in [0.15, 0.2) is 6.20 Å². The van der Waals surface area contributed by atoms with Crippen molar-refractivity contribution in [3.05, 3.63) is 17.7 Å². The summed E-state index contributed by atoms with van der Waals surface area (Å²) in [6.07, 6.45) is 1.79. The standard InChI is InChI=1S/C9H13N3/c1-7-11-8(5-10)6-12(7)9(2,3)4/h6H,1-4H3. The molecule has 0 radical (unpaired) electrons. The molecule has 0 unspecified atom stereocenters. The van der Waals surface area contributed by atoms with Crippen molar-refractivity contribution in [3.8, 4) is 6.07 Å². The first-order valence-electron chi connectivity index (χ1n) is 3.91. The van der Waals surface area contributed by atoms with Gasteiger partial charge in [-0.2, -0.15) is 5.26 Å². The summed E-state index contributed by atoms with van der Waals surface area (Å²) in [6.45, 7) is 8.17. The Morgan fingerprint density at radius 3 is 2.33 bits per heavy atom. The molecule has 0 fully saturated rings. The van der Waals surface area contributed by atoms with Crippen LogP contribution >= 0.6 is 0 Å². The van der Waals surface area contributed by atoms with Crippen molar-refractivity contribution in [2.75, 3.05) is 0 Å². The van der Waals surface area contributed by atoms with Crippen LogP contribution in [-0.2, 0) is 5.54 Å². The number of rotatable bonds is 0. The average molecular weight is 163 g/mol. The van der Waals surface area contributed by atoms with E-state index in [0.717, 1.165) is 5.82 Å². The van der Waals surface area contributed by atoms with Crippen LogP contribution in [0.5, 0.6) is 0 Å². The Hall–Kier alpha value is -1.30. The number of nitriles is 1. The largest absolute Gasteiger partial charge is 0.328 e. The molecule has 0 saturated carbocycles. The maximum absolute atomic E-state index is 8.62. The molecule has 3 heteroatoms. The first-order valence-corrected chi connectivity index (χ1v) is 3.91. The van der Waals surface area contributed by atoms with Gasteiger partial charge < -0.3 is 4.57 Å². The van der Waals surface area contributed by atoms with Crippen LogP contribution in [0.1, 0.15) is 32.3 Å². The van der Waals surface area contributed by atoms with E-state index < -0.39 is 0 Å². The predicted octanol–water partition coefficient (Wildman–Crippen LogP) is 1.82. The van der Waals surface area contributed by atoms with Crippen LogP contribution in [0.3, 0.4) is 0 Å². The molecule has 1 heterocycles. The first kappa shape index (κ1) is 8.79. The second-order valence-electron chi connectivity index (χ2n) is 3.83. The molecule has 0 aliphatic carbocycles. The van der Waals surface area contributed by atoms with Gasteiger partial charge in [0.2, 0.25) is 0 Å². The van der Waals surface area contributed by atoms with Crippen molar-refractivity contribution in [1.29, 1.82) is 5.26 Å². The Bertz CT molecular complexity index is 323. The predicted molar refractivity (Wildman–Crippen MR) is 46.7 cm³/mol. The second kappa shape index (κ2) is 2.63. The minimum atomic E-state index is 0.00613. The maximum atomic E-state index is 8.62. The van der Waals surface area contributed by atoms with Crippen molar-refractivity contribution < 1.29 is 0 Å². The highest BCUT2D eigenvalue weighted by molar-refractivity contribution is 5.19. The van der Waals surface area contributed by atoms with Crippen molar-refractivity contribution in [1.82, 2.24) is 9.55 Å². The van der Waals surface area contributed by atoms with Gasteiger partial charge in [-0.3, -0.25) is 0 Å². The van der Waals surface area contributed by atoms with Crippen LogP contribution in [0, 0.1) is 18.3 Å². The Morgan fingerprint density at radius 1 is 1.50 bits per heavy atom. The van der Waals surface area contributed by atoms with Gasteiger partial charge in [0.05, 0.1) is 0 Å². The molecule has 1 aromatic heterocycles. The molecule has 0 amide bonds. The van der Waals surface area contributed by atoms with Crippen molar-refractivity contribution in [2.24, 2.45) is 0 Å². The second-order valence-corrected chi connectivity index (χ2v) is 3.83. The van der Waals surface area contributed by atoms with Crippen LogP contribution in [0.4, 0.5) is 0 Å². The van der Waals surface area contributed by atoms with Crippen LogP contribution in [-0.4, -0.2) is 9.55 Å². The zero-order valence-electron chi connectivity index (χ0n) is 7.92. The van der Waals surface area contributed by atoms with Gasteiger partial charge in [-0.25, -0.2) is 4.98 Å². The third-order valence-corrected chi connectivity index (χ3v) is 1.72. The fourth-order valence-corrected chi connectivity index (χ4v) is 1.21. The van der Waals surface area contributed by atoms with E-state index in [1.807, 2.05) is 17.6 Å². The molecular formula is C9H13N3. The molecule has 1 rings (SSSR count). The van der Waals surface area contributed by atoms with Gasteiger partial charge in [0, 0.05) is 11.7 Å². The van der Waals surface area contributed by atoms with Gasteiger partial charge >= 0.3 is 0 Å². The molecule has 0 bridgehead atoms. The summed E-state index contributed by atoms with van der Waals surface area (Å²) in [4.78, 5) is 4.10. The summed E-state index contributed by atoms with van der Waals surface area (Å²) < 4.78 is 2.01. The Kier molecular flexibility index (Phi) is 1.93. The van der Waals surface area contributed by atoms with E-state index in [1.54, 1.807) is 6.20 Å². The van der Waals surface area contributed by atoms with Crippen LogP contribution in [0.25, 0.3) is 0 Å². The van der Waals surface area contributed by atoms with E-state index in [0.29, 0.717) is 5.69 Å². The average Bonchev–Trinajstić information content (AvgIpc) is 2.29. The lowest BCUT2D eigenvalue weighted by molar-refractivity contribution is 0.388. The topological polar surface area (TPSA) is 41.6 Å². The summed E-state index contributed by atoms with van der Waals surface area (Å²) in [7, 11) is 0. The normalized spacial score (nSPS) is 11.2. The van der Waals surface area contributed by atoms with Crippen molar-refractivity contribution in [2.45, 2.75) is 33.2 Å². The maximum Gasteiger partial charge on any atom is 0.158 e. The fourth-order valence-electron chi connectivity index (χ4n) is 1.21. The SMILES string of the molecule is Cc1nc(C#N)cn1C(C)(C)C. The van der Waals surface area contributed by atoms with Gasteiger partial charge in [-0.05, 0) is 27.7 Å². The lowest BCUT2D eigenvalue weighted by Gasteiger charge is -2.21. The summed E-state index contributed by atoms with van der Waals surface area (Å²) in [5, 5.41) is 8.62. The lowest BCUT2D eigenvalue weighted by Crippen LogP contribution is -2.22. The molecule has 64 valence electrons. The fraction of sp³-hybridized carbons (Fsp3) is 0.556. The highest BCUT2D eigenvalue weighted by atomic mass is 15.1. The summed E-state index contributed by atoms with van der Waals surface area (Å²) >= 11 is 0. The number of hydrogen-bond donors (Lipinski definition) is 0. The third-order valence-electron chi connectivity index (χ3n) is 1.72. The zero-order valence-corrected chi connectivity index (χ0v) is 7.92. The van der Waals surface area contributed by atoms with E-state index in [4.69, 9.17) is 5.26 Å². The van der Waals surface area contributed by atoms with Gasteiger partial charge in [0.1, 0.15) is 11.9 Å². The number of nitrogens with zero attached hydrogens (tertiary/aromatic N) is 3. The third kappa shape index (κ3) is 1.48. The molecular weight excluding hydrogens is 150 g/mol. The van der Waals surface area contributed by atoms with Gasteiger partial charge in [-0.15, -0.1) is 0 Å². The Labute approximate surface area is 72.7 Å². The number of aryl methyl sites for hydroxylation is 1. The quantitative estimate of drug-likeness (QED) is 0.585. The highest BCUT2D eigenvalue weighted by Crippen LogP contribution is 2.16. The molecule has 0 aliphatic heterocycles. The molecule has 3 nitrogen and oxygen atoms in total. The van der Waals surface area contributed by atoms with E-state index >= 15 is 0 Å². The zero-order chi connectivity index (χ0) is 9.35. The van der Waals surface area contributed by atoms with E-state index in [2.05, 4.69) is 25.8 Å². The molecule has 0 aromatic carbocycles. The molecule has 0 N–H and O–H groups in total. The van der Waals surface area contributed by atoms with Crippen LogP contribution in [0.2, 0.25) is 0 Å². The minimum Gasteiger partial charge on any atom is -0.328 e. The minimum absolute atomic E-state index is 0.00613. The Balaban J connectivity index is 3.19. The summed E-state index contributed by atoms with van der Waals surface area (Å²) in [5.41, 5.74) is 0.494. The molecule has 0 spiro atoms. The lowest BCUT2D eigenvalue weighted by atomic mass is 10.1. The van der Waals surface area contributed by atoms with Crippen LogP contribution < -0.4 is 0 Å². The molecule has 12 heavy (non-hydrogen) atoms. The van der Waals surface area contributed by atoms with Gasteiger partial charge in [0.15, 0.2) is 5.69 Å². The number of aromatic nitrogens is 2. The monoisotopic (exact) mass is 163 g/mol. The molecule has 1 aromatic rings. The van der Waals surface area contributed by atoms with Gasteiger partial charge in [0.25, 0.3) is 0 Å². The molecule has 0 saturated heterocycles. The van der Waals surface area contributed by atoms with Crippen molar-refractivity contribution >= 4 is 0 Å². The van der Waals surface area contributed by atoms with E-state index in [-0.39, 0.29) is 5.54 Å². The molecule has 0 atom stereocenters. The van der Waals surface area contributed by atoms with Gasteiger partial charge in [-0.1, -0.05) is 0 Å².